The molecule has 0 bridgehead atoms. The molecule has 37 heavy (non-hydrogen) atoms. The van der Waals surface area contributed by atoms with Crippen molar-refractivity contribution in [3.8, 4) is 11.3 Å². The molecule has 2 heterocycles. The van der Waals surface area contributed by atoms with Crippen LogP contribution in [0.4, 0.5) is 11.5 Å². The lowest BCUT2D eigenvalue weighted by Gasteiger charge is -2.29. The van der Waals surface area contributed by atoms with Crippen molar-refractivity contribution in [3.63, 3.8) is 0 Å². The van der Waals surface area contributed by atoms with Crippen LogP contribution in [-0.2, 0) is 14.5 Å². The van der Waals surface area contributed by atoms with E-state index in [9.17, 15) is 18.6 Å². The van der Waals surface area contributed by atoms with Gasteiger partial charge in [0.05, 0.1) is 23.9 Å². The Balaban J connectivity index is 1.48. The third-order valence-electron chi connectivity index (χ3n) is 7.13. The molecule has 1 fully saturated rings. The molecule has 12 heteroatoms. The van der Waals surface area contributed by atoms with Gasteiger partial charge in [-0.1, -0.05) is 30.3 Å². The van der Waals surface area contributed by atoms with Gasteiger partial charge in [0.25, 0.3) is 0 Å². The van der Waals surface area contributed by atoms with Crippen LogP contribution in [0.5, 0.6) is 0 Å². The first kappa shape index (κ1) is 25.4. The average Bonchev–Trinajstić information content (AvgIpc) is 3.36. The highest BCUT2D eigenvalue weighted by Crippen LogP contribution is 2.38. The van der Waals surface area contributed by atoms with Gasteiger partial charge in [-0.2, -0.15) is 18.0 Å². The van der Waals surface area contributed by atoms with Gasteiger partial charge in [-0.25, -0.2) is 10.1 Å². The molecule has 0 radical (unpaired) electrons. The minimum atomic E-state index is -4.17. The summed E-state index contributed by atoms with van der Waals surface area (Å²) in [5.74, 6) is -0.0938. The predicted molar refractivity (Wildman–Crippen MR) is 141 cm³/mol. The zero-order valence-electron chi connectivity index (χ0n) is 20.7. The smallest absolute Gasteiger partial charge is 0.333 e. The average molecular weight is 527 g/mol. The third kappa shape index (κ3) is 4.74. The fourth-order valence-electron chi connectivity index (χ4n) is 5.10. The van der Waals surface area contributed by atoms with Gasteiger partial charge in [-0.15, -0.1) is 0 Å². The summed E-state index contributed by atoms with van der Waals surface area (Å²) in [5, 5.41) is 36.8. The van der Waals surface area contributed by atoms with Gasteiger partial charge < -0.3 is 20.4 Å². The zero-order chi connectivity index (χ0) is 26.5. The first-order valence-electron chi connectivity index (χ1n) is 11.8. The molecule has 1 saturated carbocycles. The molecule has 0 amide bonds. The molecule has 2 aromatic heterocycles. The van der Waals surface area contributed by atoms with Crippen LogP contribution in [0, 0.1) is 5.92 Å². The number of rotatable bonds is 7. The number of nitrogens with two attached hydrogens (primary N) is 1. The molecule has 196 valence electrons. The monoisotopic (exact) mass is 526 g/mol. The van der Waals surface area contributed by atoms with Gasteiger partial charge in [0, 0.05) is 48.9 Å². The zero-order valence-corrected chi connectivity index (χ0v) is 21.6. The Morgan fingerprint density at radius 3 is 2.65 bits per heavy atom. The van der Waals surface area contributed by atoms with Gasteiger partial charge in [0.15, 0.2) is 5.65 Å². The van der Waals surface area contributed by atoms with Crippen LogP contribution in [0.25, 0.3) is 27.7 Å². The van der Waals surface area contributed by atoms with Gasteiger partial charge in [0.2, 0.25) is 0 Å². The maximum Gasteiger partial charge on any atom is 0.333 e. The van der Waals surface area contributed by atoms with Crippen LogP contribution in [-0.4, -0.2) is 71.7 Å². The topological polar surface area (TPSA) is 155 Å². The first-order chi connectivity index (χ1) is 17.5. The molecule has 4 aromatic rings. The minimum absolute atomic E-state index is 0.248. The molecule has 0 unspecified atom stereocenters. The Morgan fingerprint density at radius 1 is 1.22 bits per heavy atom. The third-order valence-corrected chi connectivity index (χ3v) is 7.59. The van der Waals surface area contributed by atoms with E-state index in [0.717, 1.165) is 27.7 Å². The lowest BCUT2D eigenvalue weighted by Crippen LogP contribution is -2.46. The summed E-state index contributed by atoms with van der Waals surface area (Å²) in [6.07, 6.45) is 0.692. The molecule has 4 atom stereocenters. The first-order valence-corrected chi connectivity index (χ1v) is 13.3. The van der Waals surface area contributed by atoms with Crippen molar-refractivity contribution in [3.05, 3.63) is 54.7 Å². The van der Waals surface area contributed by atoms with E-state index in [-0.39, 0.29) is 13.0 Å². The van der Waals surface area contributed by atoms with Gasteiger partial charge in [-0.05, 0) is 30.9 Å². The highest BCUT2D eigenvalue weighted by atomic mass is 32.2. The Hall–Kier alpha value is -3.29. The molecule has 5 rings (SSSR count). The van der Waals surface area contributed by atoms with Crippen LogP contribution in [0.1, 0.15) is 13.3 Å². The molecule has 0 saturated heterocycles. The number of aromatic nitrogens is 3. The molecule has 0 spiro atoms. The lowest BCUT2D eigenvalue weighted by molar-refractivity contribution is -0.0759. The number of hydrogen-bond donors (Lipinski definition) is 4. The number of nitrogens with zero attached hydrogens (tertiary/aromatic N) is 4. The number of aliphatic hydroxyl groups excluding tert-OH is 1. The van der Waals surface area contributed by atoms with E-state index in [0.29, 0.717) is 11.5 Å². The number of anilines is 2. The van der Waals surface area contributed by atoms with Gasteiger partial charge in [0.1, 0.15) is 11.9 Å². The number of nitrogens with one attached hydrogen (secondary N) is 1. The van der Waals surface area contributed by atoms with E-state index in [1.165, 1.54) is 6.92 Å². The van der Waals surface area contributed by atoms with Crippen molar-refractivity contribution in [1.29, 1.82) is 0 Å². The summed E-state index contributed by atoms with van der Waals surface area (Å²) in [7, 11) is -0.152. The van der Waals surface area contributed by atoms with Crippen molar-refractivity contribution in [2.24, 2.45) is 11.1 Å². The molecular weight excluding hydrogens is 496 g/mol. The van der Waals surface area contributed by atoms with Crippen LogP contribution in [0.15, 0.2) is 54.7 Å². The summed E-state index contributed by atoms with van der Waals surface area (Å²) in [6.45, 7) is 1.11. The molecule has 11 nitrogen and oxygen atoms in total. The highest BCUT2D eigenvalue weighted by Gasteiger charge is 2.51. The van der Waals surface area contributed by atoms with Crippen molar-refractivity contribution >= 4 is 38.2 Å². The van der Waals surface area contributed by atoms with Crippen LogP contribution >= 0.6 is 0 Å². The lowest BCUT2D eigenvalue weighted by atomic mass is 9.92. The second-order valence-electron chi connectivity index (χ2n) is 9.83. The number of hydrogen-bond acceptors (Lipinski definition) is 9. The van der Waals surface area contributed by atoms with Crippen molar-refractivity contribution in [2.75, 3.05) is 30.9 Å². The second-order valence-corrected chi connectivity index (χ2v) is 11.1. The molecule has 1 aliphatic rings. The van der Waals surface area contributed by atoms with Crippen LogP contribution in [0.2, 0.25) is 0 Å². The summed E-state index contributed by atoms with van der Waals surface area (Å²) >= 11 is 0. The minimum Gasteiger partial charge on any atom is -0.388 e. The van der Waals surface area contributed by atoms with E-state index in [2.05, 4.69) is 33.4 Å². The Kier molecular flexibility index (Phi) is 6.32. The van der Waals surface area contributed by atoms with Crippen LogP contribution < -0.4 is 15.4 Å². The van der Waals surface area contributed by atoms with Gasteiger partial charge in [-0.3, -0.25) is 4.18 Å². The summed E-state index contributed by atoms with van der Waals surface area (Å²) in [5.41, 5.74) is 1.82. The molecule has 5 N–H and O–H groups in total. The van der Waals surface area contributed by atoms with Gasteiger partial charge >= 0.3 is 10.3 Å². The number of fused-ring (bicyclic) bond motifs is 2. The van der Waals surface area contributed by atoms with E-state index in [4.69, 9.17) is 14.4 Å². The van der Waals surface area contributed by atoms with Crippen molar-refractivity contribution < 1.29 is 22.8 Å². The quantitative estimate of drug-likeness (QED) is 0.282. The second kappa shape index (κ2) is 9.23. The maximum absolute atomic E-state index is 11.2. The molecule has 1 aliphatic carbocycles. The summed E-state index contributed by atoms with van der Waals surface area (Å²) < 4.78 is 28.8. The Bertz CT molecular complexity index is 1570. The summed E-state index contributed by atoms with van der Waals surface area (Å²) in [6, 6.07) is 15.3. The molecule has 2 aromatic carbocycles. The fraction of sp³-hybridized carbons (Fsp3) is 0.360. The number of benzene rings is 2. The Morgan fingerprint density at radius 2 is 1.95 bits per heavy atom. The van der Waals surface area contributed by atoms with E-state index in [1.54, 1.807) is 16.8 Å². The molecular formula is C25H30N6O5S. The number of aliphatic hydroxyl groups is 2. The van der Waals surface area contributed by atoms with E-state index >= 15 is 0 Å². The fourth-order valence-corrected chi connectivity index (χ4v) is 5.45. The Labute approximate surface area is 214 Å². The summed E-state index contributed by atoms with van der Waals surface area (Å²) in [4.78, 5) is 6.52. The highest BCUT2D eigenvalue weighted by molar-refractivity contribution is 7.84. The predicted octanol–water partition coefficient (Wildman–Crippen LogP) is 1.75. The standard InChI is InChI=1S/C25H30N6O5S/c1-25(33)15(14-36-37(26,34)35)12-20(24(25)32)28-22-10-11-27-23-13-19(29-31(22)23)17-8-9-21(30(2)3)18-7-5-4-6-16(17)18/h4-11,13,15,20,24,28,32-33H,12,14H2,1-3H3,(H2,26,34,35)/t15-,20-,24+,25+/m1/s1. The van der Waals surface area contributed by atoms with Crippen molar-refractivity contribution in [2.45, 2.75) is 31.1 Å². The van der Waals surface area contributed by atoms with E-state index in [1.807, 2.05) is 38.4 Å². The normalized spacial score (nSPS) is 24.1. The molecule has 0 aliphatic heterocycles. The largest absolute Gasteiger partial charge is 0.388 e. The van der Waals surface area contributed by atoms with E-state index < -0.39 is 34.0 Å². The SMILES string of the molecule is CN(C)c1ccc(-c2cc3nccc(N[C@@H]4C[C@H](COS(N)(=O)=O)[C@](C)(O)[C@H]4O)n3n2)c2ccccc12. The maximum atomic E-state index is 11.2. The van der Waals surface area contributed by atoms with Crippen molar-refractivity contribution in [1.82, 2.24) is 14.6 Å². The van der Waals surface area contributed by atoms with Crippen LogP contribution in [0.3, 0.4) is 0 Å².